The van der Waals surface area contributed by atoms with Crippen molar-refractivity contribution in [3.05, 3.63) is 72.1 Å². The van der Waals surface area contributed by atoms with Crippen LogP contribution in [-0.4, -0.2) is 80.0 Å². The molecule has 2 aliphatic rings. The Hall–Kier alpha value is -5.11. The Morgan fingerprint density at radius 3 is 2.59 bits per heavy atom. The van der Waals surface area contributed by atoms with Crippen molar-refractivity contribution in [1.82, 2.24) is 29.8 Å². The second-order valence-electron chi connectivity index (χ2n) is 12.0. The highest BCUT2D eigenvalue weighted by atomic mass is 16.5. The summed E-state index contributed by atoms with van der Waals surface area (Å²) in [4.78, 5) is 25.2. The van der Waals surface area contributed by atoms with E-state index in [9.17, 15) is 15.2 Å². The lowest BCUT2D eigenvalue weighted by Gasteiger charge is -2.39. The maximum atomic E-state index is 11.8. The first-order valence-electron chi connectivity index (χ1n) is 14.4. The fraction of sp³-hybridized carbons (Fsp3) is 0.375. The number of nitrogens with one attached hydrogen (secondary N) is 1. The SMILES string of the molecule is COc1ccc(CN2CC3(CCN(c4ccc(-c5cc(OCC(C)(C)O)cn6ncc(C#N)c56)cn4)CC3)NC2=C=O)cn1. The third kappa shape index (κ3) is 5.88. The molecule has 0 atom stereocenters. The molecule has 2 saturated heterocycles. The van der Waals surface area contributed by atoms with Gasteiger partial charge in [-0.3, -0.25) is 0 Å². The predicted molar refractivity (Wildman–Crippen MR) is 163 cm³/mol. The summed E-state index contributed by atoms with van der Waals surface area (Å²) in [5, 5.41) is 27.6. The van der Waals surface area contributed by atoms with Gasteiger partial charge in [-0.1, -0.05) is 6.07 Å². The van der Waals surface area contributed by atoms with E-state index in [0.717, 1.165) is 48.4 Å². The molecule has 0 radical (unpaired) electrons. The summed E-state index contributed by atoms with van der Waals surface area (Å²) in [5.74, 6) is 4.51. The van der Waals surface area contributed by atoms with Crippen LogP contribution in [0.15, 0.2) is 60.9 Å². The summed E-state index contributed by atoms with van der Waals surface area (Å²) in [7, 11) is 1.58. The lowest BCUT2D eigenvalue weighted by atomic mass is 9.88. The molecule has 0 aliphatic carbocycles. The maximum Gasteiger partial charge on any atom is 0.212 e. The molecule has 12 heteroatoms. The number of carbonyl (C=O) groups excluding carboxylic acids is 1. The third-order valence-corrected chi connectivity index (χ3v) is 8.07. The Morgan fingerprint density at radius 1 is 1.14 bits per heavy atom. The molecule has 44 heavy (non-hydrogen) atoms. The van der Waals surface area contributed by atoms with Crippen LogP contribution in [0.4, 0.5) is 5.82 Å². The zero-order chi connectivity index (χ0) is 30.9. The monoisotopic (exact) mass is 594 g/mol. The van der Waals surface area contributed by atoms with Gasteiger partial charge in [-0.05, 0) is 50.5 Å². The minimum atomic E-state index is -1.00. The molecule has 4 aromatic rings. The first-order chi connectivity index (χ1) is 21.2. The maximum absolute atomic E-state index is 11.8. The van der Waals surface area contributed by atoms with Gasteiger partial charge in [0, 0.05) is 55.8 Å². The summed E-state index contributed by atoms with van der Waals surface area (Å²) in [6, 6.07) is 11.8. The van der Waals surface area contributed by atoms with Gasteiger partial charge in [-0.2, -0.15) is 10.4 Å². The third-order valence-electron chi connectivity index (χ3n) is 8.07. The van der Waals surface area contributed by atoms with Crippen LogP contribution in [0.1, 0.15) is 37.8 Å². The van der Waals surface area contributed by atoms with Crippen LogP contribution < -0.4 is 19.7 Å². The number of aromatic nitrogens is 4. The summed E-state index contributed by atoms with van der Waals surface area (Å²) >= 11 is 0. The van der Waals surface area contributed by atoms with E-state index >= 15 is 0 Å². The number of anilines is 1. The highest BCUT2D eigenvalue weighted by Crippen LogP contribution is 2.35. The number of aliphatic hydroxyl groups is 1. The largest absolute Gasteiger partial charge is 0.489 e. The zero-order valence-electron chi connectivity index (χ0n) is 24.9. The molecule has 0 unspecified atom stereocenters. The van der Waals surface area contributed by atoms with Gasteiger partial charge in [0.2, 0.25) is 5.88 Å². The van der Waals surface area contributed by atoms with Crippen LogP contribution in [0.2, 0.25) is 0 Å². The number of rotatable bonds is 8. The lowest BCUT2D eigenvalue weighted by Crippen LogP contribution is -2.52. The van der Waals surface area contributed by atoms with Crippen molar-refractivity contribution in [3.63, 3.8) is 0 Å². The Labute approximate surface area is 255 Å². The molecular weight excluding hydrogens is 560 g/mol. The molecule has 2 N–H and O–H groups in total. The molecular formula is C32H34N8O4. The summed E-state index contributed by atoms with van der Waals surface area (Å²) in [5.41, 5.74) is 2.47. The van der Waals surface area contributed by atoms with Crippen molar-refractivity contribution in [2.45, 2.75) is 44.4 Å². The lowest BCUT2D eigenvalue weighted by molar-refractivity contribution is 0.0283. The fourth-order valence-corrected chi connectivity index (χ4v) is 5.80. The van der Waals surface area contributed by atoms with E-state index < -0.39 is 5.60 Å². The predicted octanol–water partition coefficient (Wildman–Crippen LogP) is 2.94. The molecule has 2 fully saturated rings. The van der Waals surface area contributed by atoms with Crippen LogP contribution in [0.3, 0.4) is 0 Å². The zero-order valence-corrected chi connectivity index (χ0v) is 24.9. The molecule has 0 bridgehead atoms. The molecule has 0 aromatic carbocycles. The molecule has 12 nitrogen and oxygen atoms in total. The van der Waals surface area contributed by atoms with Crippen LogP contribution >= 0.6 is 0 Å². The number of pyridine rings is 3. The Morgan fingerprint density at radius 2 is 1.95 bits per heavy atom. The average Bonchev–Trinajstić information content (AvgIpc) is 3.61. The smallest absolute Gasteiger partial charge is 0.212 e. The molecule has 4 aromatic heterocycles. The van der Waals surface area contributed by atoms with Crippen molar-refractivity contribution in [1.29, 1.82) is 5.26 Å². The van der Waals surface area contributed by atoms with E-state index in [-0.39, 0.29) is 12.1 Å². The minimum Gasteiger partial charge on any atom is -0.489 e. The number of hydrogen-bond acceptors (Lipinski definition) is 11. The molecule has 6 rings (SSSR count). The number of ether oxygens (including phenoxy) is 2. The number of nitriles is 1. The van der Waals surface area contributed by atoms with Gasteiger partial charge >= 0.3 is 0 Å². The first-order valence-corrected chi connectivity index (χ1v) is 14.4. The molecule has 0 saturated carbocycles. The van der Waals surface area contributed by atoms with E-state index in [2.05, 4.69) is 32.3 Å². The second-order valence-corrected chi connectivity index (χ2v) is 12.0. The van der Waals surface area contributed by atoms with Crippen molar-refractivity contribution in [3.8, 4) is 28.8 Å². The normalized spacial score (nSPS) is 16.1. The molecule has 2 aliphatic heterocycles. The van der Waals surface area contributed by atoms with Crippen LogP contribution in [-0.2, 0) is 11.3 Å². The highest BCUT2D eigenvalue weighted by Gasteiger charge is 2.43. The Kier molecular flexibility index (Phi) is 7.59. The number of nitrogens with zero attached hydrogens (tertiary/aromatic N) is 7. The van der Waals surface area contributed by atoms with Crippen molar-refractivity contribution in [2.75, 3.05) is 38.3 Å². The van der Waals surface area contributed by atoms with Crippen molar-refractivity contribution in [2.24, 2.45) is 0 Å². The molecule has 226 valence electrons. The second kappa shape index (κ2) is 11.5. The first kappa shape index (κ1) is 29.0. The molecule has 1 spiro atoms. The standard InChI is InChI=1S/C32H34N8O4/c1-31(2,42)21-44-25-12-26(30-24(13-33)16-36-40(30)18-25)23-5-6-27(34-15-23)38-10-8-32(9-11-38)20-39(28(19-41)37-32)17-22-4-7-29(43-3)35-14-22/h4-7,12,14-16,18,37,42H,8-11,17,20-21H2,1-3H3. The fourth-order valence-electron chi connectivity index (χ4n) is 5.80. The van der Waals surface area contributed by atoms with Gasteiger partial charge in [-0.15, -0.1) is 0 Å². The van der Waals surface area contributed by atoms with Gasteiger partial charge in [0.05, 0.1) is 41.7 Å². The van der Waals surface area contributed by atoms with Crippen molar-refractivity contribution < 1.29 is 19.4 Å². The number of fused-ring (bicyclic) bond motifs is 1. The van der Waals surface area contributed by atoms with Crippen LogP contribution in [0.5, 0.6) is 11.6 Å². The average molecular weight is 595 g/mol. The van der Waals surface area contributed by atoms with E-state index in [1.54, 1.807) is 44.1 Å². The van der Waals surface area contributed by atoms with Crippen LogP contribution in [0.25, 0.3) is 16.6 Å². The molecule has 0 amide bonds. The number of methoxy groups -OCH3 is 1. The van der Waals surface area contributed by atoms with Gasteiger partial charge in [0.25, 0.3) is 0 Å². The Balaban J connectivity index is 1.16. The van der Waals surface area contributed by atoms with Gasteiger partial charge in [0.15, 0.2) is 11.8 Å². The van der Waals surface area contributed by atoms with E-state index in [0.29, 0.717) is 41.6 Å². The summed E-state index contributed by atoms with van der Waals surface area (Å²) in [6.45, 7) is 6.27. The van der Waals surface area contributed by atoms with E-state index in [4.69, 9.17) is 14.5 Å². The Bertz CT molecular complexity index is 1740. The van der Waals surface area contributed by atoms with Gasteiger partial charge in [0.1, 0.15) is 24.2 Å². The number of piperidine rings is 1. The van der Waals surface area contributed by atoms with E-state index in [1.807, 2.05) is 35.2 Å². The highest BCUT2D eigenvalue weighted by molar-refractivity contribution is 5.85. The number of hydrogen-bond donors (Lipinski definition) is 2. The summed E-state index contributed by atoms with van der Waals surface area (Å²) < 4.78 is 12.6. The topological polar surface area (TPSA) is 141 Å². The van der Waals surface area contributed by atoms with Crippen LogP contribution in [0, 0.1) is 11.3 Å². The van der Waals surface area contributed by atoms with Gasteiger partial charge < -0.3 is 29.7 Å². The minimum absolute atomic E-state index is 0.105. The summed E-state index contributed by atoms with van der Waals surface area (Å²) in [6.07, 6.45) is 8.47. The molecule has 6 heterocycles. The van der Waals surface area contributed by atoms with E-state index in [1.165, 1.54) is 6.20 Å². The quantitative estimate of drug-likeness (QED) is 0.291. The van der Waals surface area contributed by atoms with Gasteiger partial charge in [-0.25, -0.2) is 19.3 Å². The van der Waals surface area contributed by atoms with Crippen molar-refractivity contribution >= 4 is 17.3 Å².